The van der Waals surface area contributed by atoms with E-state index in [1.54, 1.807) is 30.6 Å². The molecule has 5 heterocycles. The highest BCUT2D eigenvalue weighted by molar-refractivity contribution is 5.77. The van der Waals surface area contributed by atoms with E-state index in [9.17, 15) is 13.2 Å². The molecule has 3 atom stereocenters. The molecule has 2 aromatic heterocycles. The number of hydrogen-bond acceptors (Lipinski definition) is 5. The first-order chi connectivity index (χ1) is 15.0. The van der Waals surface area contributed by atoms with Gasteiger partial charge in [0.1, 0.15) is 18.5 Å². The van der Waals surface area contributed by atoms with E-state index in [4.69, 9.17) is 9.47 Å². The predicted octanol–water partition coefficient (Wildman–Crippen LogP) is 4.08. The summed E-state index contributed by atoms with van der Waals surface area (Å²) in [5.74, 6) is -2.38. The van der Waals surface area contributed by atoms with Gasteiger partial charge in [-0.2, -0.15) is 10.1 Å². The van der Waals surface area contributed by atoms with Gasteiger partial charge in [0, 0.05) is 47.8 Å². The maximum atomic E-state index is 14.8. The maximum Gasteiger partial charge on any atom is 0.264 e. The summed E-state index contributed by atoms with van der Waals surface area (Å²) >= 11 is 0. The van der Waals surface area contributed by atoms with Gasteiger partial charge in [-0.1, -0.05) is 0 Å². The average Bonchev–Trinajstić information content (AvgIpc) is 3.33. The van der Waals surface area contributed by atoms with Gasteiger partial charge in [0.25, 0.3) is 5.92 Å². The average molecular weight is 428 g/mol. The number of piperidine rings is 1. The van der Waals surface area contributed by atoms with Gasteiger partial charge in [-0.3, -0.25) is 5.10 Å². The quantitative estimate of drug-likeness (QED) is 0.658. The number of ether oxygens (including phenoxy) is 2. The Kier molecular flexibility index (Phi) is 4.05. The van der Waals surface area contributed by atoms with Crippen molar-refractivity contribution in [3.8, 4) is 34.0 Å². The first-order valence-electron chi connectivity index (χ1n) is 10.2. The van der Waals surface area contributed by atoms with Crippen LogP contribution in [-0.2, 0) is 6.61 Å². The molecule has 2 N–H and O–H groups in total. The molecular weight excluding hydrogens is 409 g/mol. The standard InChI is InChI=1S/C22H19F3N4O2/c23-18-6-16-11(3-17(18)12-8-26-27-9-12)10-30-21-15(16)1-2-20(29-21)31-14-4-13-7-22(24,25)19(5-14)28-13/h1-3,6,8-9,13-14,19,28H,4-5,7,10H2,(H,26,27)/t13-,14+,19+/m0/s1. The second-order valence-corrected chi connectivity index (χ2v) is 8.36. The number of rotatable bonds is 3. The Bertz CT molecular complexity index is 1150. The maximum absolute atomic E-state index is 14.8. The first-order valence-corrected chi connectivity index (χ1v) is 10.2. The van der Waals surface area contributed by atoms with E-state index >= 15 is 0 Å². The zero-order valence-corrected chi connectivity index (χ0v) is 16.4. The van der Waals surface area contributed by atoms with Crippen LogP contribution in [0, 0.1) is 5.82 Å². The molecule has 0 aliphatic carbocycles. The van der Waals surface area contributed by atoms with Gasteiger partial charge in [-0.25, -0.2) is 13.2 Å². The number of hydrogen-bond donors (Lipinski definition) is 2. The van der Waals surface area contributed by atoms with Crippen LogP contribution in [0.3, 0.4) is 0 Å². The molecule has 9 heteroatoms. The van der Waals surface area contributed by atoms with Gasteiger partial charge in [-0.05, 0) is 35.7 Å². The molecule has 2 fully saturated rings. The Balaban J connectivity index is 1.26. The normalized spacial score (nSPS) is 25.5. The van der Waals surface area contributed by atoms with Crippen LogP contribution in [0.4, 0.5) is 13.2 Å². The van der Waals surface area contributed by atoms with Crippen molar-refractivity contribution in [3.63, 3.8) is 0 Å². The summed E-state index contributed by atoms with van der Waals surface area (Å²) in [7, 11) is 0. The van der Waals surface area contributed by atoms with Crippen LogP contribution in [0.5, 0.6) is 11.8 Å². The van der Waals surface area contributed by atoms with Crippen molar-refractivity contribution in [2.45, 2.75) is 50.0 Å². The Morgan fingerprint density at radius 1 is 1.13 bits per heavy atom. The van der Waals surface area contributed by atoms with Gasteiger partial charge in [0.05, 0.1) is 12.2 Å². The molecule has 3 aromatic rings. The molecule has 2 saturated heterocycles. The van der Waals surface area contributed by atoms with Crippen LogP contribution < -0.4 is 14.8 Å². The molecule has 6 rings (SSSR count). The van der Waals surface area contributed by atoms with Crippen molar-refractivity contribution < 1.29 is 22.6 Å². The number of nitrogens with zero attached hydrogens (tertiary/aromatic N) is 2. The molecule has 3 aliphatic rings. The highest BCUT2D eigenvalue weighted by atomic mass is 19.3. The minimum atomic E-state index is -2.70. The van der Waals surface area contributed by atoms with Crippen molar-refractivity contribution in [2.24, 2.45) is 0 Å². The van der Waals surface area contributed by atoms with Crippen LogP contribution in [0.15, 0.2) is 36.7 Å². The zero-order valence-electron chi connectivity index (χ0n) is 16.4. The minimum absolute atomic E-state index is 0.151. The number of fused-ring (bicyclic) bond motifs is 5. The largest absolute Gasteiger partial charge is 0.474 e. The van der Waals surface area contributed by atoms with Gasteiger partial charge < -0.3 is 14.8 Å². The fourth-order valence-corrected chi connectivity index (χ4v) is 4.83. The minimum Gasteiger partial charge on any atom is -0.474 e. The third-order valence-corrected chi connectivity index (χ3v) is 6.29. The first kappa shape index (κ1) is 18.7. The molecule has 0 saturated carbocycles. The topological polar surface area (TPSA) is 72.1 Å². The predicted molar refractivity (Wildman–Crippen MR) is 105 cm³/mol. The van der Waals surface area contributed by atoms with Crippen molar-refractivity contribution in [3.05, 3.63) is 48.0 Å². The van der Waals surface area contributed by atoms with E-state index in [1.807, 2.05) is 0 Å². The van der Waals surface area contributed by atoms with Crippen LogP contribution in [0.25, 0.3) is 22.3 Å². The number of benzene rings is 1. The third kappa shape index (κ3) is 3.15. The van der Waals surface area contributed by atoms with Crippen LogP contribution >= 0.6 is 0 Å². The summed E-state index contributed by atoms with van der Waals surface area (Å²) < 4.78 is 54.4. The fourth-order valence-electron chi connectivity index (χ4n) is 4.83. The number of aromatic nitrogens is 3. The Morgan fingerprint density at radius 2 is 2.03 bits per heavy atom. The summed E-state index contributed by atoms with van der Waals surface area (Å²) in [6, 6.07) is 5.59. The van der Waals surface area contributed by atoms with E-state index in [-0.39, 0.29) is 37.4 Å². The van der Waals surface area contributed by atoms with Gasteiger partial charge in [0.15, 0.2) is 0 Å². The van der Waals surface area contributed by atoms with Crippen molar-refractivity contribution in [1.82, 2.24) is 20.5 Å². The second kappa shape index (κ2) is 6.71. The zero-order chi connectivity index (χ0) is 21.2. The molecule has 3 aliphatic heterocycles. The van der Waals surface area contributed by atoms with Crippen molar-refractivity contribution in [2.75, 3.05) is 0 Å². The monoisotopic (exact) mass is 428 g/mol. The smallest absolute Gasteiger partial charge is 0.264 e. The highest BCUT2D eigenvalue weighted by Gasteiger charge is 2.53. The Morgan fingerprint density at radius 3 is 2.84 bits per heavy atom. The van der Waals surface area contributed by atoms with Crippen LogP contribution in [-0.4, -0.2) is 39.3 Å². The summed E-state index contributed by atoms with van der Waals surface area (Å²) in [6.07, 6.45) is 3.46. The molecule has 0 radical (unpaired) electrons. The molecular formula is C22H19F3N4O2. The number of nitrogens with one attached hydrogen (secondary N) is 2. The summed E-state index contributed by atoms with van der Waals surface area (Å²) in [6.45, 7) is 0.244. The van der Waals surface area contributed by atoms with E-state index in [0.29, 0.717) is 40.4 Å². The van der Waals surface area contributed by atoms with Crippen LogP contribution in [0.1, 0.15) is 24.8 Å². The second-order valence-electron chi connectivity index (χ2n) is 8.36. The lowest BCUT2D eigenvalue weighted by molar-refractivity contribution is -0.0195. The third-order valence-electron chi connectivity index (χ3n) is 6.29. The van der Waals surface area contributed by atoms with E-state index < -0.39 is 12.0 Å². The van der Waals surface area contributed by atoms with E-state index in [2.05, 4.69) is 20.5 Å². The molecule has 160 valence electrons. The molecule has 6 nitrogen and oxygen atoms in total. The van der Waals surface area contributed by atoms with E-state index in [0.717, 1.165) is 5.56 Å². The van der Waals surface area contributed by atoms with Gasteiger partial charge >= 0.3 is 0 Å². The number of H-pyrrole nitrogens is 1. The van der Waals surface area contributed by atoms with Gasteiger partial charge in [0.2, 0.25) is 11.8 Å². The molecule has 0 amide bonds. The number of pyridine rings is 1. The molecule has 0 spiro atoms. The van der Waals surface area contributed by atoms with Crippen molar-refractivity contribution in [1.29, 1.82) is 0 Å². The lowest BCUT2D eigenvalue weighted by Gasteiger charge is -2.30. The van der Waals surface area contributed by atoms with E-state index in [1.165, 1.54) is 6.07 Å². The molecule has 31 heavy (non-hydrogen) atoms. The number of alkyl halides is 2. The highest BCUT2D eigenvalue weighted by Crippen LogP contribution is 2.42. The molecule has 2 bridgehead atoms. The number of halogens is 3. The summed E-state index contributed by atoms with van der Waals surface area (Å²) in [4.78, 5) is 4.43. The SMILES string of the molecule is Fc1cc2c(cc1-c1cn[nH]c1)COc1nc(O[C@@H]3C[C@H]4CC(F)(F)[C@@H](C3)N4)ccc1-2. The summed E-state index contributed by atoms with van der Waals surface area (Å²) in [5, 5.41) is 9.52. The molecule has 1 aromatic carbocycles. The van der Waals surface area contributed by atoms with Gasteiger partial charge in [-0.15, -0.1) is 0 Å². The molecule has 0 unspecified atom stereocenters. The lowest BCUT2D eigenvalue weighted by Crippen LogP contribution is -2.46. The van der Waals surface area contributed by atoms with Crippen molar-refractivity contribution >= 4 is 0 Å². The Hall–Kier alpha value is -3.07. The summed E-state index contributed by atoms with van der Waals surface area (Å²) in [5.41, 5.74) is 3.34. The fraction of sp³-hybridized carbons (Fsp3) is 0.364. The Labute approximate surface area is 175 Å². The lowest BCUT2D eigenvalue weighted by atomic mass is 9.95. The number of aromatic amines is 1. The van der Waals surface area contributed by atoms with Crippen LogP contribution in [0.2, 0.25) is 0 Å².